The molecule has 186 valence electrons. The molecule has 1 heterocycles. The Morgan fingerprint density at radius 2 is 1.80 bits per heavy atom. The molecule has 1 aliphatic heterocycles. The van der Waals surface area contributed by atoms with E-state index in [0.29, 0.717) is 25.1 Å². The van der Waals surface area contributed by atoms with Gasteiger partial charge in [-0.3, -0.25) is 14.5 Å². The molecule has 2 aromatic rings. The Morgan fingerprint density at radius 1 is 1.03 bits per heavy atom. The van der Waals surface area contributed by atoms with Gasteiger partial charge in [0.25, 0.3) is 0 Å². The number of carbonyl (C=O) groups excluding carboxylic acids is 3. The van der Waals surface area contributed by atoms with Gasteiger partial charge < -0.3 is 14.4 Å². The highest BCUT2D eigenvalue weighted by Gasteiger charge is 2.42. The van der Waals surface area contributed by atoms with Gasteiger partial charge in [-0.05, 0) is 56.2 Å². The second-order valence-electron chi connectivity index (χ2n) is 9.44. The summed E-state index contributed by atoms with van der Waals surface area (Å²) in [6, 6.07) is 14.9. The lowest BCUT2D eigenvalue weighted by Gasteiger charge is -2.31. The number of rotatable bonds is 7. The van der Waals surface area contributed by atoms with Crippen molar-refractivity contribution in [2.45, 2.75) is 64.0 Å². The highest BCUT2D eigenvalue weighted by Crippen LogP contribution is 2.34. The predicted octanol–water partition coefficient (Wildman–Crippen LogP) is 4.44. The molecule has 0 saturated heterocycles. The molecule has 2 aliphatic rings. The van der Waals surface area contributed by atoms with Gasteiger partial charge in [-0.25, -0.2) is 4.79 Å². The van der Waals surface area contributed by atoms with Gasteiger partial charge in [0.15, 0.2) is 0 Å². The van der Waals surface area contributed by atoms with Crippen LogP contribution in [0.2, 0.25) is 0 Å². The molecule has 1 aliphatic carbocycles. The SMILES string of the molecule is COC(=O)CN(CCc1cccc(C)c1)C(=O)[C@H]1Cc2ccccc2N1C(=O)OC1CCCCC1. The third-order valence-electron chi connectivity index (χ3n) is 6.89. The van der Waals surface area contributed by atoms with Gasteiger partial charge in [0, 0.05) is 13.0 Å². The Bertz CT molecular complexity index is 1060. The molecular formula is C28H34N2O5. The first-order chi connectivity index (χ1) is 17.0. The van der Waals surface area contributed by atoms with E-state index in [2.05, 4.69) is 6.07 Å². The van der Waals surface area contributed by atoms with Crippen molar-refractivity contribution in [2.24, 2.45) is 0 Å². The van der Waals surface area contributed by atoms with Gasteiger partial charge in [0.05, 0.1) is 12.8 Å². The number of hydrogen-bond acceptors (Lipinski definition) is 5. The van der Waals surface area contributed by atoms with Crippen LogP contribution in [0.5, 0.6) is 0 Å². The van der Waals surface area contributed by atoms with Gasteiger partial charge in [0.1, 0.15) is 18.7 Å². The topological polar surface area (TPSA) is 76.2 Å². The second-order valence-corrected chi connectivity index (χ2v) is 9.44. The van der Waals surface area contributed by atoms with Crippen molar-refractivity contribution in [3.63, 3.8) is 0 Å². The van der Waals surface area contributed by atoms with E-state index in [4.69, 9.17) is 9.47 Å². The number of carbonyl (C=O) groups is 3. The normalized spacial score (nSPS) is 17.5. The number of hydrogen-bond donors (Lipinski definition) is 0. The first-order valence-electron chi connectivity index (χ1n) is 12.4. The van der Waals surface area contributed by atoms with Crippen LogP contribution in [0.4, 0.5) is 10.5 Å². The molecule has 2 amide bonds. The molecule has 7 heteroatoms. The number of esters is 1. The van der Waals surface area contributed by atoms with Gasteiger partial charge in [-0.2, -0.15) is 0 Å². The maximum absolute atomic E-state index is 13.8. The third-order valence-corrected chi connectivity index (χ3v) is 6.89. The van der Waals surface area contributed by atoms with Crippen LogP contribution in [0.15, 0.2) is 48.5 Å². The standard InChI is InChI=1S/C28H34N2O5/c1-20-9-8-10-21(17-20)15-16-29(19-26(31)34-2)27(32)25-18-22-11-6-7-14-24(22)30(25)28(33)35-23-12-4-3-5-13-23/h6-11,14,17,23,25H,3-5,12-13,15-16,18-19H2,1-2H3/t25-/m1/s1. The maximum atomic E-state index is 13.8. The monoisotopic (exact) mass is 478 g/mol. The van der Waals surface area contributed by atoms with E-state index >= 15 is 0 Å². The van der Waals surface area contributed by atoms with E-state index in [1.165, 1.54) is 16.9 Å². The average molecular weight is 479 g/mol. The van der Waals surface area contributed by atoms with E-state index in [-0.39, 0.29) is 18.6 Å². The minimum atomic E-state index is -0.759. The fourth-order valence-electron chi connectivity index (χ4n) is 5.02. The summed E-state index contributed by atoms with van der Waals surface area (Å²) < 4.78 is 10.7. The maximum Gasteiger partial charge on any atom is 0.415 e. The van der Waals surface area contributed by atoms with Crippen molar-refractivity contribution in [3.05, 3.63) is 65.2 Å². The van der Waals surface area contributed by atoms with Crippen LogP contribution in [0.3, 0.4) is 0 Å². The summed E-state index contributed by atoms with van der Waals surface area (Å²) in [4.78, 5) is 42.4. The molecule has 0 spiro atoms. The van der Waals surface area contributed by atoms with Crippen molar-refractivity contribution in [3.8, 4) is 0 Å². The number of nitrogens with zero attached hydrogens (tertiary/aromatic N) is 2. The Hall–Kier alpha value is -3.35. The van der Waals surface area contributed by atoms with Crippen molar-refractivity contribution < 1.29 is 23.9 Å². The Kier molecular flexibility index (Phi) is 8.06. The van der Waals surface area contributed by atoms with E-state index in [9.17, 15) is 14.4 Å². The van der Waals surface area contributed by atoms with Crippen molar-refractivity contribution >= 4 is 23.7 Å². The highest BCUT2D eigenvalue weighted by molar-refractivity contribution is 6.01. The molecule has 0 N–H and O–H groups in total. The lowest BCUT2D eigenvalue weighted by Crippen LogP contribution is -2.52. The molecule has 0 aromatic heterocycles. The summed E-state index contributed by atoms with van der Waals surface area (Å²) >= 11 is 0. The molecule has 1 atom stereocenters. The van der Waals surface area contributed by atoms with E-state index < -0.39 is 18.1 Å². The zero-order valence-electron chi connectivity index (χ0n) is 20.6. The predicted molar refractivity (Wildman–Crippen MR) is 133 cm³/mol. The third kappa shape index (κ3) is 6.02. The number of para-hydroxylation sites is 1. The smallest absolute Gasteiger partial charge is 0.415 e. The fraction of sp³-hybridized carbons (Fsp3) is 0.464. The van der Waals surface area contributed by atoms with Crippen molar-refractivity contribution in [2.75, 3.05) is 25.1 Å². The number of fused-ring (bicyclic) bond motifs is 1. The molecule has 0 unspecified atom stereocenters. The van der Waals surface area contributed by atoms with Crippen LogP contribution in [0, 0.1) is 6.92 Å². The van der Waals surface area contributed by atoms with Crippen molar-refractivity contribution in [1.82, 2.24) is 4.90 Å². The number of amides is 2. The number of aryl methyl sites for hydroxylation is 1. The molecular weight excluding hydrogens is 444 g/mol. The summed E-state index contributed by atoms with van der Waals surface area (Å²) in [5.41, 5.74) is 3.83. The Morgan fingerprint density at radius 3 is 2.54 bits per heavy atom. The Labute approximate surface area is 207 Å². The van der Waals surface area contributed by atoms with Crippen LogP contribution >= 0.6 is 0 Å². The zero-order valence-corrected chi connectivity index (χ0v) is 20.6. The first kappa shape index (κ1) is 24.8. The van der Waals surface area contributed by atoms with Crippen LogP contribution in [-0.4, -0.2) is 55.2 Å². The molecule has 4 rings (SSSR count). The lowest BCUT2D eigenvalue weighted by atomic mass is 9.98. The van der Waals surface area contributed by atoms with E-state index in [1.54, 1.807) is 0 Å². The van der Waals surface area contributed by atoms with Crippen LogP contribution in [0.25, 0.3) is 0 Å². The molecule has 0 bridgehead atoms. The molecule has 0 radical (unpaired) electrons. The molecule has 1 saturated carbocycles. The first-order valence-corrected chi connectivity index (χ1v) is 12.4. The largest absolute Gasteiger partial charge is 0.468 e. The molecule has 2 aromatic carbocycles. The fourth-order valence-corrected chi connectivity index (χ4v) is 5.02. The summed E-state index contributed by atoms with van der Waals surface area (Å²) in [6.07, 6.45) is 5.32. The van der Waals surface area contributed by atoms with Gasteiger partial charge >= 0.3 is 12.1 Å². The quantitative estimate of drug-likeness (QED) is 0.550. The average Bonchev–Trinajstić information content (AvgIpc) is 3.26. The van der Waals surface area contributed by atoms with Crippen LogP contribution in [-0.2, 0) is 31.9 Å². The van der Waals surface area contributed by atoms with Crippen molar-refractivity contribution in [1.29, 1.82) is 0 Å². The summed E-state index contributed by atoms with van der Waals surface area (Å²) in [6.45, 7) is 2.20. The minimum Gasteiger partial charge on any atom is -0.468 e. The minimum absolute atomic E-state index is 0.118. The van der Waals surface area contributed by atoms with E-state index in [0.717, 1.165) is 48.8 Å². The van der Waals surface area contributed by atoms with Crippen LogP contribution < -0.4 is 4.90 Å². The van der Waals surface area contributed by atoms with Crippen LogP contribution in [0.1, 0.15) is 48.8 Å². The lowest BCUT2D eigenvalue weighted by molar-refractivity contribution is -0.147. The highest BCUT2D eigenvalue weighted by atomic mass is 16.6. The summed E-state index contributed by atoms with van der Waals surface area (Å²) in [7, 11) is 1.31. The Balaban J connectivity index is 1.55. The second kappa shape index (κ2) is 11.4. The molecule has 35 heavy (non-hydrogen) atoms. The van der Waals surface area contributed by atoms with Gasteiger partial charge in [-0.15, -0.1) is 0 Å². The van der Waals surface area contributed by atoms with E-state index in [1.807, 2.05) is 49.4 Å². The number of ether oxygens (including phenoxy) is 2. The number of anilines is 1. The summed E-state index contributed by atoms with van der Waals surface area (Å²) in [5.74, 6) is -0.769. The number of methoxy groups -OCH3 is 1. The van der Waals surface area contributed by atoms with Gasteiger partial charge in [0.2, 0.25) is 5.91 Å². The summed E-state index contributed by atoms with van der Waals surface area (Å²) in [5, 5.41) is 0. The van der Waals surface area contributed by atoms with Gasteiger partial charge in [-0.1, -0.05) is 54.4 Å². The molecule has 1 fully saturated rings. The molecule has 7 nitrogen and oxygen atoms in total. The number of benzene rings is 2. The zero-order chi connectivity index (χ0) is 24.8.